The lowest BCUT2D eigenvalue weighted by Gasteiger charge is -2.22. The van der Waals surface area contributed by atoms with Gasteiger partial charge in [-0.25, -0.2) is 0 Å². The molecule has 1 N–H and O–H groups in total. The maximum Gasteiger partial charge on any atom is 0.238 e. The maximum atomic E-state index is 12.7. The number of benzene rings is 2. The lowest BCUT2D eigenvalue weighted by atomic mass is 10.0. The molecule has 0 aliphatic carbocycles. The van der Waals surface area contributed by atoms with E-state index >= 15 is 0 Å². The Bertz CT molecular complexity index is 716. The van der Waals surface area contributed by atoms with Gasteiger partial charge in [0.25, 0.3) is 0 Å². The van der Waals surface area contributed by atoms with Gasteiger partial charge in [0.2, 0.25) is 5.91 Å². The van der Waals surface area contributed by atoms with Crippen LogP contribution in [-0.4, -0.2) is 38.0 Å². The SMILES string of the molecule is CCc1cccc(CC)c1NC(=O)CN(CC)Cc1ccc(N(C)C)cc1. The number of aryl methyl sites for hydroxylation is 2. The minimum atomic E-state index is 0.0531. The second-order valence-corrected chi connectivity index (χ2v) is 7.07. The van der Waals surface area contributed by atoms with Crippen LogP contribution in [0.3, 0.4) is 0 Å². The van der Waals surface area contributed by atoms with E-state index in [-0.39, 0.29) is 5.91 Å². The van der Waals surface area contributed by atoms with Crippen LogP contribution in [0.15, 0.2) is 42.5 Å². The van der Waals surface area contributed by atoms with Gasteiger partial charge in [-0.3, -0.25) is 9.69 Å². The summed E-state index contributed by atoms with van der Waals surface area (Å²) < 4.78 is 0. The Morgan fingerprint density at radius 1 is 0.926 bits per heavy atom. The molecular formula is C23H33N3O. The van der Waals surface area contributed by atoms with Crippen molar-refractivity contribution in [1.29, 1.82) is 0 Å². The van der Waals surface area contributed by atoms with Crippen LogP contribution in [0.5, 0.6) is 0 Å². The molecule has 146 valence electrons. The number of nitrogens with one attached hydrogen (secondary N) is 1. The molecule has 0 aliphatic rings. The highest BCUT2D eigenvalue weighted by atomic mass is 16.2. The molecule has 2 aromatic carbocycles. The molecule has 27 heavy (non-hydrogen) atoms. The summed E-state index contributed by atoms with van der Waals surface area (Å²) in [6, 6.07) is 14.8. The van der Waals surface area contributed by atoms with E-state index in [2.05, 4.69) is 78.4 Å². The van der Waals surface area contributed by atoms with Gasteiger partial charge in [-0.1, -0.05) is 51.1 Å². The third-order valence-corrected chi connectivity index (χ3v) is 4.94. The molecule has 0 fully saturated rings. The summed E-state index contributed by atoms with van der Waals surface area (Å²) in [4.78, 5) is 16.9. The Balaban J connectivity index is 2.03. The predicted octanol–water partition coefficient (Wildman–Crippen LogP) is 4.34. The minimum absolute atomic E-state index is 0.0531. The van der Waals surface area contributed by atoms with E-state index in [1.165, 1.54) is 22.4 Å². The Morgan fingerprint density at radius 3 is 2.00 bits per heavy atom. The molecule has 0 aliphatic heterocycles. The summed E-state index contributed by atoms with van der Waals surface area (Å²) in [5.74, 6) is 0.0531. The number of hydrogen-bond donors (Lipinski definition) is 1. The van der Waals surface area contributed by atoms with Gasteiger partial charge in [-0.05, 0) is 48.2 Å². The molecule has 2 rings (SSSR count). The van der Waals surface area contributed by atoms with Gasteiger partial charge in [0.1, 0.15) is 0 Å². The van der Waals surface area contributed by atoms with Crippen molar-refractivity contribution in [1.82, 2.24) is 4.90 Å². The van der Waals surface area contributed by atoms with E-state index in [4.69, 9.17) is 0 Å². The molecule has 0 saturated heterocycles. The Hall–Kier alpha value is -2.33. The quantitative estimate of drug-likeness (QED) is 0.716. The number of carbonyl (C=O) groups excluding carboxylic acids is 1. The summed E-state index contributed by atoms with van der Waals surface area (Å²) in [6.45, 7) is 8.35. The smallest absolute Gasteiger partial charge is 0.238 e. The van der Waals surface area contributed by atoms with Crippen LogP contribution in [0.4, 0.5) is 11.4 Å². The van der Waals surface area contributed by atoms with Crippen LogP contribution < -0.4 is 10.2 Å². The van der Waals surface area contributed by atoms with Gasteiger partial charge in [-0.15, -0.1) is 0 Å². The fraction of sp³-hybridized carbons (Fsp3) is 0.435. The van der Waals surface area contributed by atoms with E-state index < -0.39 is 0 Å². The molecule has 0 spiro atoms. The minimum Gasteiger partial charge on any atom is -0.378 e. The van der Waals surface area contributed by atoms with Crippen molar-refractivity contribution in [3.8, 4) is 0 Å². The topological polar surface area (TPSA) is 35.6 Å². The first kappa shape index (κ1) is 21.0. The Kier molecular flexibility index (Phi) is 7.86. The highest BCUT2D eigenvalue weighted by Crippen LogP contribution is 2.22. The Morgan fingerprint density at radius 2 is 1.52 bits per heavy atom. The standard InChI is InChI=1S/C23H33N3O/c1-6-19-10-9-11-20(7-2)23(19)24-22(27)17-26(8-3)16-18-12-14-21(15-13-18)25(4)5/h9-15H,6-8,16-17H2,1-5H3,(H,24,27). The molecule has 0 unspecified atom stereocenters. The molecule has 0 bridgehead atoms. The monoisotopic (exact) mass is 367 g/mol. The summed E-state index contributed by atoms with van der Waals surface area (Å²) in [7, 11) is 4.08. The van der Waals surface area contributed by atoms with Crippen molar-refractivity contribution in [2.75, 3.05) is 37.4 Å². The zero-order valence-corrected chi connectivity index (χ0v) is 17.4. The summed E-state index contributed by atoms with van der Waals surface area (Å²) >= 11 is 0. The van der Waals surface area contributed by atoms with Crippen LogP contribution in [0, 0.1) is 0 Å². The second-order valence-electron chi connectivity index (χ2n) is 7.07. The zero-order chi connectivity index (χ0) is 19.8. The van der Waals surface area contributed by atoms with Crippen LogP contribution in [0.2, 0.25) is 0 Å². The van der Waals surface area contributed by atoms with Crippen LogP contribution in [0.1, 0.15) is 37.5 Å². The summed E-state index contributed by atoms with van der Waals surface area (Å²) in [5.41, 5.74) is 5.80. The van der Waals surface area contributed by atoms with Crippen LogP contribution >= 0.6 is 0 Å². The molecule has 4 nitrogen and oxygen atoms in total. The van der Waals surface area contributed by atoms with Crippen molar-refractivity contribution in [2.45, 2.75) is 40.2 Å². The average molecular weight is 368 g/mol. The average Bonchev–Trinajstić information content (AvgIpc) is 2.67. The third kappa shape index (κ3) is 5.83. The van der Waals surface area contributed by atoms with E-state index in [0.717, 1.165) is 31.6 Å². The molecule has 0 atom stereocenters. The van der Waals surface area contributed by atoms with Gasteiger partial charge in [0.15, 0.2) is 0 Å². The number of hydrogen-bond acceptors (Lipinski definition) is 3. The van der Waals surface area contributed by atoms with E-state index in [0.29, 0.717) is 6.54 Å². The third-order valence-electron chi connectivity index (χ3n) is 4.94. The molecule has 1 amide bonds. The predicted molar refractivity (Wildman–Crippen MR) is 116 cm³/mol. The molecular weight excluding hydrogens is 334 g/mol. The molecule has 0 aromatic heterocycles. The summed E-state index contributed by atoms with van der Waals surface area (Å²) in [6.07, 6.45) is 1.83. The largest absolute Gasteiger partial charge is 0.378 e. The number of nitrogens with zero attached hydrogens (tertiary/aromatic N) is 2. The molecule has 4 heteroatoms. The number of anilines is 2. The normalized spacial score (nSPS) is 10.9. The molecule has 2 aromatic rings. The zero-order valence-electron chi connectivity index (χ0n) is 17.4. The van der Waals surface area contributed by atoms with Gasteiger partial charge >= 0.3 is 0 Å². The lowest BCUT2D eigenvalue weighted by Crippen LogP contribution is -2.33. The van der Waals surface area contributed by atoms with E-state index in [9.17, 15) is 4.79 Å². The van der Waals surface area contributed by atoms with Crippen LogP contribution in [0.25, 0.3) is 0 Å². The van der Waals surface area contributed by atoms with Crippen molar-refractivity contribution in [2.24, 2.45) is 0 Å². The number of amides is 1. The maximum absolute atomic E-state index is 12.7. The first-order chi connectivity index (χ1) is 13.0. The number of carbonyl (C=O) groups is 1. The van der Waals surface area contributed by atoms with Crippen molar-refractivity contribution in [3.05, 3.63) is 59.2 Å². The highest BCUT2D eigenvalue weighted by molar-refractivity contribution is 5.93. The first-order valence-electron chi connectivity index (χ1n) is 9.87. The van der Waals surface area contributed by atoms with Gasteiger partial charge in [0.05, 0.1) is 6.54 Å². The molecule has 0 heterocycles. The highest BCUT2D eigenvalue weighted by Gasteiger charge is 2.13. The Labute approximate surface area is 164 Å². The first-order valence-corrected chi connectivity index (χ1v) is 9.87. The van der Waals surface area contributed by atoms with Crippen molar-refractivity contribution < 1.29 is 4.79 Å². The van der Waals surface area contributed by atoms with Crippen LogP contribution in [-0.2, 0) is 24.2 Å². The number of likely N-dealkylation sites (N-methyl/N-ethyl adjacent to an activating group) is 1. The summed E-state index contributed by atoms with van der Waals surface area (Å²) in [5, 5.41) is 3.17. The fourth-order valence-electron chi connectivity index (χ4n) is 3.22. The van der Waals surface area contributed by atoms with E-state index in [1.54, 1.807) is 0 Å². The number of rotatable bonds is 9. The van der Waals surface area contributed by atoms with Gasteiger partial charge in [-0.2, -0.15) is 0 Å². The molecule has 0 saturated carbocycles. The second kappa shape index (κ2) is 10.1. The van der Waals surface area contributed by atoms with Gasteiger partial charge < -0.3 is 10.2 Å². The fourth-order valence-corrected chi connectivity index (χ4v) is 3.22. The van der Waals surface area contributed by atoms with Crippen molar-refractivity contribution >= 4 is 17.3 Å². The lowest BCUT2D eigenvalue weighted by molar-refractivity contribution is -0.117. The van der Waals surface area contributed by atoms with E-state index in [1.807, 2.05) is 14.1 Å². The number of para-hydroxylation sites is 1. The van der Waals surface area contributed by atoms with Crippen molar-refractivity contribution in [3.63, 3.8) is 0 Å². The van der Waals surface area contributed by atoms with Gasteiger partial charge in [0, 0.05) is 32.0 Å². The molecule has 0 radical (unpaired) electrons.